The summed E-state index contributed by atoms with van der Waals surface area (Å²) in [6, 6.07) is 11.7. The lowest BCUT2D eigenvalue weighted by molar-refractivity contribution is -0.385. The Morgan fingerprint density at radius 1 is 1.15 bits per heavy atom. The molecule has 176 valence electrons. The van der Waals surface area contributed by atoms with Crippen LogP contribution in [0.1, 0.15) is 30.1 Å². The van der Waals surface area contributed by atoms with Crippen LogP contribution >= 0.6 is 0 Å². The SMILES string of the molecule is Cc1ccc([N+](=O)[O-])cc1S(=O)(=O)N1CCC(c2nccn2Cn2nnc3ccccc32)CC1. The van der Waals surface area contributed by atoms with Crippen LogP contribution in [0, 0.1) is 17.0 Å². The van der Waals surface area contributed by atoms with Gasteiger partial charge in [0.25, 0.3) is 5.69 Å². The maximum Gasteiger partial charge on any atom is 0.270 e. The third-order valence-electron chi connectivity index (χ3n) is 6.27. The zero-order valence-corrected chi connectivity index (χ0v) is 19.3. The number of nitro groups is 1. The van der Waals surface area contributed by atoms with Gasteiger partial charge < -0.3 is 4.57 Å². The summed E-state index contributed by atoms with van der Waals surface area (Å²) in [5.41, 5.74) is 2.00. The normalized spacial score (nSPS) is 15.7. The number of aromatic nitrogens is 5. The number of fused-ring (bicyclic) bond motifs is 1. The number of benzene rings is 2. The van der Waals surface area contributed by atoms with Crippen LogP contribution in [0.2, 0.25) is 0 Å². The standard InChI is InChI=1S/C22H23N7O4S/c1-16-6-7-18(29(30)31)14-21(16)34(32,33)27-11-8-17(9-12-27)22-23-10-13-26(22)15-28-20-5-3-2-4-19(20)24-25-28/h2-7,10,13-14,17H,8-9,11-12,15H2,1H3. The fraction of sp³-hybridized carbons (Fsp3) is 0.318. The summed E-state index contributed by atoms with van der Waals surface area (Å²) in [6.45, 7) is 2.73. The predicted molar refractivity (Wildman–Crippen MR) is 124 cm³/mol. The van der Waals surface area contributed by atoms with Gasteiger partial charge in [-0.2, -0.15) is 4.31 Å². The van der Waals surface area contributed by atoms with Crippen molar-refractivity contribution in [2.45, 2.75) is 37.2 Å². The Morgan fingerprint density at radius 2 is 1.91 bits per heavy atom. The maximum absolute atomic E-state index is 13.2. The van der Waals surface area contributed by atoms with Gasteiger partial charge in [-0.3, -0.25) is 10.1 Å². The summed E-state index contributed by atoms with van der Waals surface area (Å²) < 4.78 is 31.7. The number of nitro benzene ring substituents is 1. The number of nitrogens with zero attached hydrogens (tertiary/aromatic N) is 7. The van der Waals surface area contributed by atoms with Crippen LogP contribution in [0.4, 0.5) is 5.69 Å². The monoisotopic (exact) mass is 481 g/mol. The molecule has 34 heavy (non-hydrogen) atoms. The highest BCUT2D eigenvalue weighted by Crippen LogP contribution is 2.32. The molecule has 11 nitrogen and oxygen atoms in total. The second-order valence-electron chi connectivity index (χ2n) is 8.36. The Morgan fingerprint density at radius 3 is 2.68 bits per heavy atom. The van der Waals surface area contributed by atoms with E-state index in [9.17, 15) is 18.5 Å². The second kappa shape index (κ2) is 8.61. The van der Waals surface area contributed by atoms with Gasteiger partial charge in [0.15, 0.2) is 0 Å². The van der Waals surface area contributed by atoms with E-state index in [1.807, 2.05) is 39.7 Å². The minimum absolute atomic E-state index is 0.0142. The van der Waals surface area contributed by atoms with E-state index in [1.165, 1.54) is 16.4 Å². The van der Waals surface area contributed by atoms with Gasteiger partial charge in [-0.05, 0) is 37.5 Å². The summed E-state index contributed by atoms with van der Waals surface area (Å²) >= 11 is 0. The molecule has 5 rings (SSSR count). The van der Waals surface area contributed by atoms with Crippen molar-refractivity contribution in [2.24, 2.45) is 0 Å². The van der Waals surface area contributed by atoms with Crippen molar-refractivity contribution in [2.75, 3.05) is 13.1 Å². The lowest BCUT2D eigenvalue weighted by Gasteiger charge is -2.31. The molecular weight excluding hydrogens is 458 g/mol. The molecular formula is C22H23N7O4S. The number of piperidine rings is 1. The highest BCUT2D eigenvalue weighted by molar-refractivity contribution is 7.89. The molecule has 0 atom stereocenters. The molecule has 0 saturated carbocycles. The number of sulfonamides is 1. The average molecular weight is 482 g/mol. The molecule has 3 heterocycles. The van der Waals surface area contributed by atoms with Gasteiger partial charge in [-0.1, -0.05) is 23.4 Å². The Balaban J connectivity index is 1.32. The van der Waals surface area contributed by atoms with Crippen molar-refractivity contribution in [1.82, 2.24) is 28.9 Å². The van der Waals surface area contributed by atoms with Crippen molar-refractivity contribution >= 4 is 26.7 Å². The first kappa shape index (κ1) is 22.2. The molecule has 1 aliphatic rings. The van der Waals surface area contributed by atoms with Crippen molar-refractivity contribution in [3.05, 3.63) is 76.4 Å². The van der Waals surface area contributed by atoms with Crippen molar-refractivity contribution in [3.63, 3.8) is 0 Å². The zero-order chi connectivity index (χ0) is 23.9. The summed E-state index contributed by atoms with van der Waals surface area (Å²) in [5.74, 6) is 0.964. The number of aryl methyl sites for hydroxylation is 1. The summed E-state index contributed by atoms with van der Waals surface area (Å²) in [6.07, 6.45) is 4.83. The maximum atomic E-state index is 13.2. The van der Waals surface area contributed by atoms with E-state index < -0.39 is 14.9 Å². The average Bonchev–Trinajstić information content (AvgIpc) is 3.47. The fourth-order valence-electron chi connectivity index (χ4n) is 4.44. The molecule has 1 fully saturated rings. The Bertz CT molecular complexity index is 1470. The van der Waals surface area contributed by atoms with Crippen molar-refractivity contribution in [1.29, 1.82) is 0 Å². The topological polar surface area (TPSA) is 129 Å². The van der Waals surface area contributed by atoms with E-state index in [1.54, 1.807) is 13.1 Å². The molecule has 0 bridgehead atoms. The van der Waals surface area contributed by atoms with Crippen LogP contribution in [-0.2, 0) is 16.7 Å². The molecule has 1 aliphatic heterocycles. The van der Waals surface area contributed by atoms with Gasteiger partial charge in [-0.25, -0.2) is 18.1 Å². The zero-order valence-electron chi connectivity index (χ0n) is 18.5. The molecule has 0 spiro atoms. The first-order chi connectivity index (χ1) is 16.3. The molecule has 1 saturated heterocycles. The largest absolute Gasteiger partial charge is 0.314 e. The molecule has 0 unspecified atom stereocenters. The molecule has 12 heteroatoms. The van der Waals surface area contributed by atoms with Crippen LogP contribution in [0.25, 0.3) is 11.0 Å². The summed E-state index contributed by atoms with van der Waals surface area (Å²) in [4.78, 5) is 15.1. The Labute approximate surface area is 195 Å². The molecule has 0 aliphatic carbocycles. The van der Waals surface area contributed by atoms with E-state index in [0.717, 1.165) is 22.9 Å². The molecule has 0 amide bonds. The van der Waals surface area contributed by atoms with Gasteiger partial charge in [0, 0.05) is 43.5 Å². The molecule has 4 aromatic rings. The Hall–Kier alpha value is -3.64. The number of hydrogen-bond acceptors (Lipinski definition) is 7. The predicted octanol–water partition coefficient (Wildman–Crippen LogP) is 2.92. The minimum atomic E-state index is -3.84. The first-order valence-corrected chi connectivity index (χ1v) is 12.3. The third kappa shape index (κ3) is 3.94. The van der Waals surface area contributed by atoms with E-state index in [-0.39, 0.29) is 16.5 Å². The summed E-state index contributed by atoms with van der Waals surface area (Å²) in [7, 11) is -3.84. The Kier molecular flexibility index (Phi) is 5.62. The van der Waals surface area contributed by atoms with Gasteiger partial charge in [0.2, 0.25) is 10.0 Å². The van der Waals surface area contributed by atoms with E-state index in [4.69, 9.17) is 0 Å². The molecule has 0 radical (unpaired) electrons. The fourth-order valence-corrected chi connectivity index (χ4v) is 6.15. The number of imidazole rings is 1. The number of non-ortho nitro benzene ring substituents is 1. The lowest BCUT2D eigenvalue weighted by Crippen LogP contribution is -2.38. The van der Waals surface area contributed by atoms with E-state index in [2.05, 4.69) is 15.3 Å². The van der Waals surface area contributed by atoms with Crippen LogP contribution in [0.5, 0.6) is 0 Å². The third-order valence-corrected chi connectivity index (χ3v) is 8.31. The molecule has 2 aromatic heterocycles. The number of hydrogen-bond donors (Lipinski definition) is 0. The van der Waals surface area contributed by atoms with Crippen LogP contribution in [0.15, 0.2) is 59.8 Å². The van der Waals surface area contributed by atoms with E-state index >= 15 is 0 Å². The smallest absolute Gasteiger partial charge is 0.270 e. The van der Waals surface area contributed by atoms with Crippen LogP contribution in [0.3, 0.4) is 0 Å². The summed E-state index contributed by atoms with van der Waals surface area (Å²) in [5, 5.41) is 19.6. The minimum Gasteiger partial charge on any atom is -0.314 e. The van der Waals surface area contributed by atoms with Gasteiger partial charge in [0.1, 0.15) is 18.0 Å². The number of para-hydroxylation sites is 1. The quantitative estimate of drug-likeness (QED) is 0.306. The highest BCUT2D eigenvalue weighted by Gasteiger charge is 2.33. The van der Waals surface area contributed by atoms with Crippen LogP contribution < -0.4 is 0 Å². The molecule has 2 aromatic carbocycles. The van der Waals surface area contributed by atoms with Crippen LogP contribution in [-0.4, -0.2) is 55.3 Å². The van der Waals surface area contributed by atoms with Crippen molar-refractivity contribution < 1.29 is 13.3 Å². The van der Waals surface area contributed by atoms with Gasteiger partial charge >= 0.3 is 0 Å². The van der Waals surface area contributed by atoms with Gasteiger partial charge in [0.05, 0.1) is 15.3 Å². The highest BCUT2D eigenvalue weighted by atomic mass is 32.2. The number of rotatable bonds is 6. The second-order valence-corrected chi connectivity index (χ2v) is 10.3. The van der Waals surface area contributed by atoms with Crippen molar-refractivity contribution in [3.8, 4) is 0 Å². The molecule has 0 N–H and O–H groups in total. The lowest BCUT2D eigenvalue weighted by atomic mass is 9.97. The van der Waals surface area contributed by atoms with E-state index in [0.29, 0.717) is 38.2 Å². The first-order valence-electron chi connectivity index (χ1n) is 10.9. The van der Waals surface area contributed by atoms with Gasteiger partial charge in [-0.15, -0.1) is 5.10 Å².